The summed E-state index contributed by atoms with van der Waals surface area (Å²) >= 11 is 0. The van der Waals surface area contributed by atoms with Gasteiger partial charge in [-0.05, 0) is 24.1 Å². The Morgan fingerprint density at radius 1 is 1.46 bits per heavy atom. The average molecular weight is 171 g/mol. The molecule has 1 aromatic carbocycles. The van der Waals surface area contributed by atoms with Crippen molar-refractivity contribution in [3.63, 3.8) is 0 Å². The first-order chi connectivity index (χ1) is 6.36. The third-order valence-electron chi connectivity index (χ3n) is 1.78. The molecule has 0 unspecified atom stereocenters. The fourth-order valence-electron chi connectivity index (χ4n) is 1.10. The molecule has 1 aromatic rings. The maximum atomic E-state index is 8.66. The van der Waals surface area contributed by atoms with E-state index in [1.807, 2.05) is 24.3 Å². The topological polar surface area (TPSA) is 23.8 Å². The minimum absolute atomic E-state index is 0.721. The molecule has 0 fully saturated rings. The Balaban J connectivity index is 2.73. The molecular weight excluding hydrogens is 158 g/mol. The Morgan fingerprint density at radius 2 is 2.31 bits per heavy atom. The number of benzene rings is 1. The largest absolute Gasteiger partial charge is 0.192 e. The van der Waals surface area contributed by atoms with Gasteiger partial charge in [-0.25, -0.2) is 0 Å². The molecule has 0 atom stereocenters. The predicted molar refractivity (Wildman–Crippen MR) is 55.1 cm³/mol. The quantitative estimate of drug-likeness (QED) is 0.684. The van der Waals surface area contributed by atoms with Crippen molar-refractivity contribution in [2.24, 2.45) is 0 Å². The lowest BCUT2D eigenvalue weighted by Gasteiger charge is -1.93. The highest BCUT2D eigenvalue weighted by molar-refractivity contribution is 5.52. The molecular formula is C12H13N. The van der Waals surface area contributed by atoms with E-state index in [-0.39, 0.29) is 0 Å². The van der Waals surface area contributed by atoms with E-state index < -0.39 is 0 Å². The zero-order chi connectivity index (χ0) is 9.52. The van der Waals surface area contributed by atoms with Gasteiger partial charge in [0.2, 0.25) is 0 Å². The van der Waals surface area contributed by atoms with E-state index in [9.17, 15) is 0 Å². The molecule has 0 heterocycles. The van der Waals surface area contributed by atoms with Crippen molar-refractivity contribution in [3.05, 3.63) is 41.5 Å². The summed E-state index contributed by atoms with van der Waals surface area (Å²) in [6.07, 6.45) is 6.45. The Kier molecular flexibility index (Phi) is 3.78. The lowest BCUT2D eigenvalue weighted by Crippen LogP contribution is -1.75. The monoisotopic (exact) mass is 171 g/mol. The number of unbranched alkanes of at least 4 members (excludes halogenated alkanes) is 1. The molecule has 0 aliphatic carbocycles. The Labute approximate surface area is 79.3 Å². The molecule has 1 rings (SSSR count). The van der Waals surface area contributed by atoms with Crippen molar-refractivity contribution in [2.75, 3.05) is 0 Å². The molecule has 66 valence electrons. The molecule has 0 aliphatic heterocycles. The first-order valence-corrected chi connectivity index (χ1v) is 4.53. The van der Waals surface area contributed by atoms with Crippen molar-refractivity contribution < 1.29 is 0 Å². The first kappa shape index (κ1) is 9.54. The van der Waals surface area contributed by atoms with Gasteiger partial charge in [0, 0.05) is 0 Å². The highest BCUT2D eigenvalue weighted by Gasteiger charge is 1.89. The Bertz CT molecular complexity index is 331. The highest BCUT2D eigenvalue weighted by atomic mass is 14.2. The van der Waals surface area contributed by atoms with Crippen LogP contribution in [-0.4, -0.2) is 0 Å². The molecule has 0 amide bonds. The SMILES string of the molecule is CCCC=Cc1cccc(C#N)c1. The number of nitriles is 1. The van der Waals surface area contributed by atoms with Crippen molar-refractivity contribution in [3.8, 4) is 6.07 Å². The van der Waals surface area contributed by atoms with Crippen LogP contribution in [0.2, 0.25) is 0 Å². The lowest BCUT2D eigenvalue weighted by molar-refractivity contribution is 0.962. The number of hydrogen-bond acceptors (Lipinski definition) is 1. The van der Waals surface area contributed by atoms with E-state index in [0.717, 1.165) is 24.0 Å². The summed E-state index contributed by atoms with van der Waals surface area (Å²) in [4.78, 5) is 0. The number of hydrogen-bond donors (Lipinski definition) is 0. The van der Waals surface area contributed by atoms with Gasteiger partial charge in [0.15, 0.2) is 0 Å². The minimum atomic E-state index is 0.721. The third kappa shape index (κ3) is 3.13. The Hall–Kier alpha value is -1.55. The zero-order valence-electron chi connectivity index (χ0n) is 7.83. The Morgan fingerprint density at radius 3 is 3.00 bits per heavy atom. The highest BCUT2D eigenvalue weighted by Crippen LogP contribution is 2.06. The predicted octanol–water partition coefficient (Wildman–Crippen LogP) is 3.37. The molecule has 0 saturated carbocycles. The summed E-state index contributed by atoms with van der Waals surface area (Å²) < 4.78 is 0. The van der Waals surface area contributed by atoms with Crippen LogP contribution in [0.3, 0.4) is 0 Å². The summed E-state index contributed by atoms with van der Waals surface area (Å²) in [5.41, 5.74) is 1.83. The molecule has 1 heteroatoms. The molecule has 0 aliphatic rings. The van der Waals surface area contributed by atoms with Gasteiger partial charge in [-0.15, -0.1) is 0 Å². The van der Waals surface area contributed by atoms with E-state index >= 15 is 0 Å². The smallest absolute Gasteiger partial charge is 0.0991 e. The normalized spacial score (nSPS) is 10.2. The summed E-state index contributed by atoms with van der Waals surface area (Å²) in [6.45, 7) is 2.15. The molecule has 1 nitrogen and oxygen atoms in total. The molecule has 0 radical (unpaired) electrons. The van der Waals surface area contributed by atoms with Crippen molar-refractivity contribution in [2.45, 2.75) is 19.8 Å². The van der Waals surface area contributed by atoms with Gasteiger partial charge in [0.05, 0.1) is 11.6 Å². The van der Waals surface area contributed by atoms with Crippen LogP contribution in [0.5, 0.6) is 0 Å². The van der Waals surface area contributed by atoms with E-state index in [1.54, 1.807) is 0 Å². The van der Waals surface area contributed by atoms with E-state index in [2.05, 4.69) is 25.1 Å². The second-order valence-corrected chi connectivity index (χ2v) is 2.93. The van der Waals surface area contributed by atoms with Crippen LogP contribution >= 0.6 is 0 Å². The molecule has 0 aromatic heterocycles. The second-order valence-electron chi connectivity index (χ2n) is 2.93. The molecule has 0 spiro atoms. The van der Waals surface area contributed by atoms with Crippen LogP contribution in [0.25, 0.3) is 6.08 Å². The van der Waals surface area contributed by atoms with Crippen LogP contribution < -0.4 is 0 Å². The van der Waals surface area contributed by atoms with Gasteiger partial charge in [-0.2, -0.15) is 5.26 Å². The molecule has 13 heavy (non-hydrogen) atoms. The van der Waals surface area contributed by atoms with Crippen molar-refractivity contribution >= 4 is 6.08 Å². The fourth-order valence-corrected chi connectivity index (χ4v) is 1.10. The minimum Gasteiger partial charge on any atom is -0.192 e. The molecule has 0 N–H and O–H groups in total. The van der Waals surface area contributed by atoms with Gasteiger partial charge in [-0.3, -0.25) is 0 Å². The average Bonchev–Trinajstić information content (AvgIpc) is 2.19. The van der Waals surface area contributed by atoms with Crippen LogP contribution in [0.4, 0.5) is 0 Å². The maximum Gasteiger partial charge on any atom is 0.0991 e. The lowest BCUT2D eigenvalue weighted by atomic mass is 10.1. The number of nitrogens with zero attached hydrogens (tertiary/aromatic N) is 1. The van der Waals surface area contributed by atoms with Gasteiger partial charge < -0.3 is 0 Å². The van der Waals surface area contributed by atoms with Crippen LogP contribution in [0, 0.1) is 11.3 Å². The van der Waals surface area contributed by atoms with Crippen LogP contribution in [-0.2, 0) is 0 Å². The van der Waals surface area contributed by atoms with Gasteiger partial charge in [-0.1, -0.05) is 37.6 Å². The third-order valence-corrected chi connectivity index (χ3v) is 1.78. The van der Waals surface area contributed by atoms with E-state index in [0.29, 0.717) is 0 Å². The van der Waals surface area contributed by atoms with Gasteiger partial charge >= 0.3 is 0 Å². The summed E-state index contributed by atoms with van der Waals surface area (Å²) in [7, 11) is 0. The van der Waals surface area contributed by atoms with Gasteiger partial charge in [0.1, 0.15) is 0 Å². The summed E-state index contributed by atoms with van der Waals surface area (Å²) in [5, 5.41) is 8.66. The second kappa shape index (κ2) is 5.16. The van der Waals surface area contributed by atoms with Crippen LogP contribution in [0.1, 0.15) is 30.9 Å². The molecule has 0 saturated heterocycles. The molecule has 0 bridgehead atoms. The fraction of sp³-hybridized carbons (Fsp3) is 0.250. The first-order valence-electron chi connectivity index (χ1n) is 4.53. The summed E-state index contributed by atoms with van der Waals surface area (Å²) in [6, 6.07) is 9.75. The van der Waals surface area contributed by atoms with E-state index in [1.165, 1.54) is 0 Å². The summed E-state index contributed by atoms with van der Waals surface area (Å²) in [5.74, 6) is 0. The number of allylic oxidation sites excluding steroid dienone is 1. The van der Waals surface area contributed by atoms with Crippen molar-refractivity contribution in [1.82, 2.24) is 0 Å². The van der Waals surface area contributed by atoms with Crippen LogP contribution in [0.15, 0.2) is 30.3 Å². The maximum absolute atomic E-state index is 8.66. The van der Waals surface area contributed by atoms with E-state index in [4.69, 9.17) is 5.26 Å². The zero-order valence-corrected chi connectivity index (χ0v) is 7.83. The standard InChI is InChI=1S/C12H13N/c1-2-3-4-6-11-7-5-8-12(9-11)10-13/h4-9H,2-3H2,1H3. The number of rotatable bonds is 3. The van der Waals surface area contributed by atoms with Crippen molar-refractivity contribution in [1.29, 1.82) is 5.26 Å². The van der Waals surface area contributed by atoms with Gasteiger partial charge in [0.25, 0.3) is 0 Å².